The van der Waals surface area contributed by atoms with Gasteiger partial charge in [-0.15, -0.1) is 0 Å². The first-order chi connectivity index (χ1) is 7.12. The van der Waals surface area contributed by atoms with Gasteiger partial charge in [0.2, 0.25) is 0 Å². The predicted octanol–water partition coefficient (Wildman–Crippen LogP) is 3.38. The molecule has 0 radical (unpaired) electrons. The lowest BCUT2D eigenvalue weighted by Gasteiger charge is -2.47. The maximum atomic E-state index is 3.61. The molecule has 2 rings (SSSR count). The molecule has 1 aliphatic rings. The van der Waals surface area contributed by atoms with Gasteiger partial charge in [-0.2, -0.15) is 0 Å². The molecule has 0 saturated carbocycles. The van der Waals surface area contributed by atoms with Crippen molar-refractivity contribution in [1.29, 1.82) is 0 Å². The fraction of sp³-hybridized carbons (Fsp3) is 0.538. The van der Waals surface area contributed by atoms with Gasteiger partial charge in [-0.05, 0) is 43.0 Å². The van der Waals surface area contributed by atoms with Crippen LogP contribution in [0.5, 0.6) is 0 Å². The average molecular weight is 268 g/mol. The molecule has 1 nitrogen and oxygen atoms in total. The van der Waals surface area contributed by atoms with E-state index in [0.717, 1.165) is 10.9 Å². The maximum absolute atomic E-state index is 3.61. The normalized spacial score (nSPS) is 25.3. The monoisotopic (exact) mass is 267 g/mol. The van der Waals surface area contributed by atoms with E-state index in [0.29, 0.717) is 11.5 Å². The summed E-state index contributed by atoms with van der Waals surface area (Å²) < 4.78 is 1.16. The van der Waals surface area contributed by atoms with Crippen molar-refractivity contribution in [2.75, 3.05) is 6.54 Å². The topological polar surface area (TPSA) is 12.0 Å². The lowest BCUT2D eigenvalue weighted by Crippen LogP contribution is -2.61. The molecule has 0 amide bonds. The Hall–Kier alpha value is -0.340. The molecule has 1 atom stereocenters. The molecule has 0 aliphatic carbocycles. The van der Waals surface area contributed by atoms with Gasteiger partial charge in [0.15, 0.2) is 0 Å². The van der Waals surface area contributed by atoms with Crippen LogP contribution in [-0.4, -0.2) is 12.1 Å². The summed E-state index contributed by atoms with van der Waals surface area (Å²) in [5.41, 5.74) is 1.78. The molecule has 1 aromatic carbocycles. The molecule has 1 N–H and O–H groups in total. The van der Waals surface area contributed by atoms with E-state index in [1.807, 2.05) is 0 Å². The molecule has 15 heavy (non-hydrogen) atoms. The molecular weight excluding hydrogens is 250 g/mol. The molecule has 82 valence electrons. The second-order valence-corrected chi connectivity index (χ2v) is 5.71. The van der Waals surface area contributed by atoms with Gasteiger partial charge in [0.25, 0.3) is 0 Å². The fourth-order valence-corrected chi connectivity index (χ4v) is 2.52. The zero-order chi connectivity index (χ0) is 10.9. The number of rotatable bonds is 3. The highest BCUT2D eigenvalue weighted by Crippen LogP contribution is 2.31. The van der Waals surface area contributed by atoms with E-state index in [9.17, 15) is 0 Å². The largest absolute Gasteiger partial charge is 0.311 e. The van der Waals surface area contributed by atoms with Crippen LogP contribution >= 0.6 is 15.9 Å². The number of nitrogens with one attached hydrogen (secondary N) is 1. The highest BCUT2D eigenvalue weighted by Gasteiger charge is 2.39. The first kappa shape index (κ1) is 11.2. The van der Waals surface area contributed by atoms with Crippen LogP contribution in [0.4, 0.5) is 0 Å². The van der Waals surface area contributed by atoms with Crippen molar-refractivity contribution in [1.82, 2.24) is 5.32 Å². The molecule has 1 unspecified atom stereocenters. The first-order valence-corrected chi connectivity index (χ1v) is 6.41. The second kappa shape index (κ2) is 4.26. The molecular formula is C13H18BrN. The van der Waals surface area contributed by atoms with Gasteiger partial charge in [0.1, 0.15) is 0 Å². The summed E-state index contributed by atoms with van der Waals surface area (Å²) in [6, 6.07) is 8.69. The predicted molar refractivity (Wildman–Crippen MR) is 68.0 cm³/mol. The van der Waals surface area contributed by atoms with Crippen molar-refractivity contribution in [2.24, 2.45) is 5.92 Å². The van der Waals surface area contributed by atoms with Crippen LogP contribution in [0.1, 0.15) is 25.8 Å². The summed E-state index contributed by atoms with van der Waals surface area (Å²) in [6.07, 6.45) is 2.46. The highest BCUT2D eigenvalue weighted by molar-refractivity contribution is 9.10. The molecule has 0 aromatic heterocycles. The molecule has 1 aliphatic heterocycles. The second-order valence-electron chi connectivity index (χ2n) is 4.79. The Morgan fingerprint density at radius 1 is 1.33 bits per heavy atom. The minimum Gasteiger partial charge on any atom is -0.311 e. The van der Waals surface area contributed by atoms with Crippen molar-refractivity contribution >= 4 is 15.9 Å². The van der Waals surface area contributed by atoms with Crippen molar-refractivity contribution in [3.63, 3.8) is 0 Å². The number of hydrogen-bond donors (Lipinski definition) is 1. The van der Waals surface area contributed by atoms with Gasteiger partial charge in [0, 0.05) is 10.0 Å². The molecule has 0 spiro atoms. The summed E-state index contributed by atoms with van der Waals surface area (Å²) in [6.45, 7) is 5.80. The fourth-order valence-electron chi connectivity index (χ4n) is 2.26. The summed E-state index contributed by atoms with van der Waals surface area (Å²) in [5, 5.41) is 3.61. The molecule has 1 fully saturated rings. The molecule has 1 aromatic rings. The summed E-state index contributed by atoms with van der Waals surface area (Å²) in [5.74, 6) is 0.704. The van der Waals surface area contributed by atoms with E-state index < -0.39 is 0 Å². The third-order valence-corrected chi connectivity index (χ3v) is 4.11. The molecule has 0 bridgehead atoms. The third-order valence-electron chi connectivity index (χ3n) is 3.59. The number of benzene rings is 1. The van der Waals surface area contributed by atoms with E-state index in [1.165, 1.54) is 18.5 Å². The maximum Gasteiger partial charge on any atom is 0.0256 e. The molecule has 1 saturated heterocycles. The van der Waals surface area contributed by atoms with Crippen molar-refractivity contribution in [3.8, 4) is 0 Å². The Labute approximate surface area is 100 Å². The molecule has 1 heterocycles. The first-order valence-electron chi connectivity index (χ1n) is 5.62. The minimum atomic E-state index is 0.355. The SMILES string of the molecule is CC(C)C1(Cc2ccc(Br)cc2)CCN1. The van der Waals surface area contributed by atoms with Crippen LogP contribution in [0.15, 0.2) is 28.7 Å². The summed E-state index contributed by atoms with van der Waals surface area (Å²) in [4.78, 5) is 0. The molecule has 2 heteroatoms. The number of halogens is 1. The Morgan fingerprint density at radius 3 is 2.33 bits per heavy atom. The van der Waals surface area contributed by atoms with Crippen LogP contribution in [0.2, 0.25) is 0 Å². The van der Waals surface area contributed by atoms with Crippen molar-refractivity contribution in [3.05, 3.63) is 34.3 Å². The average Bonchev–Trinajstić information content (AvgIpc) is 2.13. The van der Waals surface area contributed by atoms with Crippen molar-refractivity contribution in [2.45, 2.75) is 32.2 Å². The number of hydrogen-bond acceptors (Lipinski definition) is 1. The smallest absolute Gasteiger partial charge is 0.0256 e. The van der Waals surface area contributed by atoms with E-state index in [1.54, 1.807) is 0 Å². The van der Waals surface area contributed by atoms with E-state index in [2.05, 4.69) is 59.4 Å². The van der Waals surface area contributed by atoms with Gasteiger partial charge in [-0.25, -0.2) is 0 Å². The van der Waals surface area contributed by atoms with Crippen LogP contribution < -0.4 is 5.32 Å². The van der Waals surface area contributed by atoms with Crippen LogP contribution in [0, 0.1) is 5.92 Å². The van der Waals surface area contributed by atoms with E-state index >= 15 is 0 Å². The van der Waals surface area contributed by atoms with Gasteiger partial charge in [-0.3, -0.25) is 0 Å². The van der Waals surface area contributed by atoms with Crippen LogP contribution in [0.3, 0.4) is 0 Å². The third kappa shape index (κ3) is 2.26. The minimum absolute atomic E-state index is 0.355. The Bertz CT molecular complexity index is 325. The quantitative estimate of drug-likeness (QED) is 0.886. The zero-order valence-corrected chi connectivity index (χ0v) is 11.0. The van der Waals surface area contributed by atoms with Gasteiger partial charge in [-0.1, -0.05) is 41.9 Å². The summed E-state index contributed by atoms with van der Waals surface area (Å²) in [7, 11) is 0. The van der Waals surface area contributed by atoms with E-state index in [4.69, 9.17) is 0 Å². The lowest BCUT2D eigenvalue weighted by molar-refractivity contribution is 0.139. The standard InChI is InChI=1S/C13H18BrN/c1-10(2)13(7-8-15-13)9-11-3-5-12(14)6-4-11/h3-6,10,15H,7-9H2,1-2H3. The van der Waals surface area contributed by atoms with Crippen LogP contribution in [-0.2, 0) is 6.42 Å². The Kier molecular flexibility index (Phi) is 3.17. The van der Waals surface area contributed by atoms with Gasteiger partial charge < -0.3 is 5.32 Å². The van der Waals surface area contributed by atoms with Gasteiger partial charge >= 0.3 is 0 Å². The zero-order valence-electron chi connectivity index (χ0n) is 9.39. The highest BCUT2D eigenvalue weighted by atomic mass is 79.9. The van der Waals surface area contributed by atoms with Gasteiger partial charge in [0.05, 0.1) is 0 Å². The van der Waals surface area contributed by atoms with E-state index in [-0.39, 0.29) is 0 Å². The van der Waals surface area contributed by atoms with Crippen molar-refractivity contribution < 1.29 is 0 Å². The Morgan fingerprint density at radius 2 is 1.93 bits per heavy atom. The van der Waals surface area contributed by atoms with Crippen LogP contribution in [0.25, 0.3) is 0 Å². The summed E-state index contributed by atoms with van der Waals surface area (Å²) >= 11 is 3.47. The lowest BCUT2D eigenvalue weighted by atomic mass is 9.73. The Balaban J connectivity index is 2.10.